The summed E-state index contributed by atoms with van der Waals surface area (Å²) in [5.74, 6) is -0.642. The van der Waals surface area contributed by atoms with Crippen molar-refractivity contribution in [3.63, 3.8) is 0 Å². The maximum atomic E-state index is 13.5. The molecule has 31 heavy (non-hydrogen) atoms. The SMILES string of the molecule is Cc1cnc(NC(=O)CN2CCN(C(c3ccc(F)cc3)c3ccc(F)cc3)CC2)s1. The Morgan fingerprint density at radius 2 is 1.55 bits per heavy atom. The first-order valence-corrected chi connectivity index (χ1v) is 11.0. The Morgan fingerprint density at radius 3 is 2.03 bits per heavy atom. The van der Waals surface area contributed by atoms with Crippen LogP contribution in [0.5, 0.6) is 0 Å². The molecular formula is C23H24F2N4OS. The lowest BCUT2D eigenvalue weighted by atomic mass is 9.96. The summed E-state index contributed by atoms with van der Waals surface area (Å²) in [4.78, 5) is 22.0. The largest absolute Gasteiger partial charge is 0.301 e. The molecule has 1 amide bonds. The summed E-state index contributed by atoms with van der Waals surface area (Å²) >= 11 is 1.46. The number of nitrogens with zero attached hydrogens (tertiary/aromatic N) is 3. The molecule has 0 aliphatic carbocycles. The molecule has 1 saturated heterocycles. The molecule has 0 radical (unpaired) electrons. The summed E-state index contributed by atoms with van der Waals surface area (Å²) < 4.78 is 26.9. The van der Waals surface area contributed by atoms with Gasteiger partial charge in [0, 0.05) is 37.3 Å². The monoisotopic (exact) mass is 442 g/mol. The van der Waals surface area contributed by atoms with Gasteiger partial charge in [0.15, 0.2) is 5.13 Å². The van der Waals surface area contributed by atoms with E-state index in [1.54, 1.807) is 30.5 Å². The predicted octanol–water partition coefficient (Wildman–Crippen LogP) is 4.08. The third-order valence-electron chi connectivity index (χ3n) is 5.38. The number of rotatable bonds is 6. The fourth-order valence-electron chi connectivity index (χ4n) is 3.86. The van der Waals surface area contributed by atoms with E-state index in [1.807, 2.05) is 6.92 Å². The highest BCUT2D eigenvalue weighted by molar-refractivity contribution is 7.15. The summed E-state index contributed by atoms with van der Waals surface area (Å²) in [5, 5.41) is 3.47. The van der Waals surface area contributed by atoms with Crippen molar-refractivity contribution in [2.45, 2.75) is 13.0 Å². The van der Waals surface area contributed by atoms with Crippen molar-refractivity contribution in [1.29, 1.82) is 0 Å². The molecule has 0 atom stereocenters. The van der Waals surface area contributed by atoms with Crippen molar-refractivity contribution in [3.8, 4) is 0 Å². The van der Waals surface area contributed by atoms with Gasteiger partial charge in [0.05, 0.1) is 12.6 Å². The number of hydrogen-bond donors (Lipinski definition) is 1. The molecule has 0 unspecified atom stereocenters. The molecule has 0 bridgehead atoms. The van der Waals surface area contributed by atoms with E-state index in [0.29, 0.717) is 11.7 Å². The molecule has 2 heterocycles. The van der Waals surface area contributed by atoms with E-state index in [-0.39, 0.29) is 23.6 Å². The van der Waals surface area contributed by atoms with Gasteiger partial charge in [-0.2, -0.15) is 0 Å². The van der Waals surface area contributed by atoms with Crippen LogP contribution in [0.1, 0.15) is 22.0 Å². The molecule has 0 spiro atoms. The number of hydrogen-bond acceptors (Lipinski definition) is 5. The summed E-state index contributed by atoms with van der Waals surface area (Å²) in [6.45, 7) is 5.19. The zero-order chi connectivity index (χ0) is 21.8. The van der Waals surface area contributed by atoms with Crippen LogP contribution in [0.4, 0.5) is 13.9 Å². The van der Waals surface area contributed by atoms with Crippen LogP contribution >= 0.6 is 11.3 Å². The van der Waals surface area contributed by atoms with Gasteiger partial charge in [-0.1, -0.05) is 24.3 Å². The van der Waals surface area contributed by atoms with Crippen LogP contribution in [0.25, 0.3) is 0 Å². The number of carbonyl (C=O) groups excluding carboxylic acids is 1. The average molecular weight is 443 g/mol. The van der Waals surface area contributed by atoms with Gasteiger partial charge >= 0.3 is 0 Å². The third kappa shape index (κ3) is 5.52. The fourth-order valence-corrected chi connectivity index (χ4v) is 4.54. The lowest BCUT2D eigenvalue weighted by molar-refractivity contribution is -0.117. The first-order valence-electron chi connectivity index (χ1n) is 10.2. The highest BCUT2D eigenvalue weighted by Crippen LogP contribution is 2.30. The second-order valence-electron chi connectivity index (χ2n) is 7.64. The normalized spacial score (nSPS) is 15.4. The van der Waals surface area contributed by atoms with Crippen LogP contribution in [-0.2, 0) is 4.79 Å². The van der Waals surface area contributed by atoms with E-state index in [0.717, 1.165) is 42.2 Å². The molecule has 2 aromatic carbocycles. The Hall–Kier alpha value is -2.68. The molecule has 1 aliphatic heterocycles. The van der Waals surface area contributed by atoms with E-state index in [9.17, 15) is 13.6 Å². The summed E-state index contributed by atoms with van der Waals surface area (Å²) in [5.41, 5.74) is 1.91. The minimum absolute atomic E-state index is 0.0728. The van der Waals surface area contributed by atoms with E-state index in [2.05, 4.69) is 20.1 Å². The highest BCUT2D eigenvalue weighted by Gasteiger charge is 2.27. The number of anilines is 1. The molecule has 1 aliphatic rings. The van der Waals surface area contributed by atoms with Crippen molar-refractivity contribution in [1.82, 2.24) is 14.8 Å². The van der Waals surface area contributed by atoms with E-state index < -0.39 is 0 Å². The van der Waals surface area contributed by atoms with Crippen molar-refractivity contribution in [2.75, 3.05) is 38.0 Å². The van der Waals surface area contributed by atoms with Gasteiger partial charge < -0.3 is 5.32 Å². The quantitative estimate of drug-likeness (QED) is 0.625. The molecule has 4 rings (SSSR count). The van der Waals surface area contributed by atoms with E-state index >= 15 is 0 Å². The molecule has 5 nitrogen and oxygen atoms in total. The number of nitrogens with one attached hydrogen (secondary N) is 1. The smallest absolute Gasteiger partial charge is 0.240 e. The Kier molecular flexibility index (Phi) is 6.70. The van der Waals surface area contributed by atoms with Crippen LogP contribution in [0.2, 0.25) is 0 Å². The molecule has 162 valence electrons. The zero-order valence-corrected chi connectivity index (χ0v) is 18.0. The molecule has 1 N–H and O–H groups in total. The predicted molar refractivity (Wildman–Crippen MR) is 118 cm³/mol. The summed E-state index contributed by atoms with van der Waals surface area (Å²) in [6.07, 6.45) is 1.74. The van der Waals surface area contributed by atoms with Crippen LogP contribution in [0, 0.1) is 18.6 Å². The van der Waals surface area contributed by atoms with Crippen molar-refractivity contribution < 1.29 is 13.6 Å². The number of benzene rings is 2. The molecule has 3 aromatic rings. The first kappa shape index (κ1) is 21.5. The van der Waals surface area contributed by atoms with Gasteiger partial charge in [0.2, 0.25) is 5.91 Å². The number of thiazole rings is 1. The van der Waals surface area contributed by atoms with Gasteiger partial charge in [-0.3, -0.25) is 14.6 Å². The molecule has 0 saturated carbocycles. The number of halogens is 2. The highest BCUT2D eigenvalue weighted by atomic mass is 32.1. The van der Waals surface area contributed by atoms with Crippen LogP contribution in [0.3, 0.4) is 0 Å². The first-order chi connectivity index (χ1) is 15.0. The lowest BCUT2D eigenvalue weighted by Crippen LogP contribution is -2.49. The minimum Gasteiger partial charge on any atom is -0.301 e. The van der Waals surface area contributed by atoms with Crippen molar-refractivity contribution in [3.05, 3.63) is 82.4 Å². The molecular weight excluding hydrogens is 418 g/mol. The molecule has 8 heteroatoms. The lowest BCUT2D eigenvalue weighted by Gasteiger charge is -2.39. The number of aryl methyl sites for hydroxylation is 1. The Morgan fingerprint density at radius 1 is 1.00 bits per heavy atom. The van der Waals surface area contributed by atoms with E-state index in [1.165, 1.54) is 35.6 Å². The summed E-state index contributed by atoms with van der Waals surface area (Å²) in [7, 11) is 0. The third-order valence-corrected chi connectivity index (χ3v) is 6.21. The topological polar surface area (TPSA) is 48.5 Å². The second-order valence-corrected chi connectivity index (χ2v) is 8.88. The zero-order valence-electron chi connectivity index (χ0n) is 17.2. The average Bonchev–Trinajstić information content (AvgIpc) is 3.16. The van der Waals surface area contributed by atoms with Gasteiger partial charge in [0.1, 0.15) is 11.6 Å². The van der Waals surface area contributed by atoms with Gasteiger partial charge in [-0.05, 0) is 42.3 Å². The van der Waals surface area contributed by atoms with Crippen molar-refractivity contribution in [2.24, 2.45) is 0 Å². The number of carbonyl (C=O) groups is 1. The Bertz CT molecular complexity index is 969. The van der Waals surface area contributed by atoms with Crippen LogP contribution < -0.4 is 5.32 Å². The second kappa shape index (κ2) is 9.64. The van der Waals surface area contributed by atoms with Crippen LogP contribution in [-0.4, -0.2) is 53.4 Å². The van der Waals surface area contributed by atoms with Gasteiger partial charge in [-0.25, -0.2) is 13.8 Å². The van der Waals surface area contributed by atoms with Crippen molar-refractivity contribution >= 4 is 22.4 Å². The Labute approximate surface area is 184 Å². The van der Waals surface area contributed by atoms with Gasteiger partial charge in [0.25, 0.3) is 0 Å². The fraction of sp³-hybridized carbons (Fsp3) is 0.304. The van der Waals surface area contributed by atoms with E-state index in [4.69, 9.17) is 0 Å². The maximum absolute atomic E-state index is 13.5. The molecule has 1 aromatic heterocycles. The molecule has 1 fully saturated rings. The number of piperazine rings is 1. The Balaban J connectivity index is 1.42. The minimum atomic E-state index is -0.284. The summed E-state index contributed by atoms with van der Waals surface area (Å²) in [6, 6.07) is 12.8. The standard InChI is InChI=1S/C23H24F2N4OS/c1-16-14-26-23(31-16)27-21(30)15-28-10-12-29(13-11-28)22(17-2-6-19(24)7-3-17)18-4-8-20(25)9-5-18/h2-9,14,22H,10-13,15H2,1H3,(H,26,27,30). The van der Waals surface area contributed by atoms with Gasteiger partial charge in [-0.15, -0.1) is 11.3 Å². The number of amides is 1. The van der Waals surface area contributed by atoms with Crippen LogP contribution in [0.15, 0.2) is 54.7 Å². The maximum Gasteiger partial charge on any atom is 0.240 e. The number of aromatic nitrogens is 1.